The minimum Gasteiger partial charge on any atom is -0.487 e. The summed E-state index contributed by atoms with van der Waals surface area (Å²) in [5.74, 6) is 0.105. The van der Waals surface area contributed by atoms with Crippen LogP contribution < -0.4 is 25.5 Å². The molecule has 43 heavy (non-hydrogen) atoms. The summed E-state index contributed by atoms with van der Waals surface area (Å²) in [4.78, 5) is 25.5. The van der Waals surface area contributed by atoms with Gasteiger partial charge in [-0.25, -0.2) is 10.2 Å². The van der Waals surface area contributed by atoms with Crippen LogP contribution in [0.15, 0.2) is 77.0 Å². The molecule has 1 aliphatic rings. The summed E-state index contributed by atoms with van der Waals surface area (Å²) in [6.07, 6.45) is 1.53. The Kier molecular flexibility index (Phi) is 12.0. The van der Waals surface area contributed by atoms with Crippen LogP contribution in [0.25, 0.3) is 0 Å². The molecule has 3 N–H and O–H groups in total. The molecular formula is C30H27ClI2N4O5S. The van der Waals surface area contributed by atoms with Crippen LogP contribution >= 0.6 is 69.0 Å². The maximum absolute atomic E-state index is 12.8. The van der Waals surface area contributed by atoms with E-state index in [2.05, 4.69) is 66.3 Å². The van der Waals surface area contributed by atoms with E-state index in [4.69, 9.17) is 38.0 Å². The predicted octanol–water partition coefficient (Wildman–Crippen LogP) is 6.01. The molecule has 1 aliphatic heterocycles. The topological polar surface area (TPSA) is 110 Å². The number of hydrogen-bond acceptors (Lipinski definition) is 7. The summed E-state index contributed by atoms with van der Waals surface area (Å²) in [5, 5.41) is 11.2. The zero-order valence-corrected chi connectivity index (χ0v) is 29.0. The number of allylic oxidation sites excluding steroid dienone is 1. The maximum atomic E-state index is 12.8. The lowest BCUT2D eigenvalue weighted by atomic mass is 9.95. The summed E-state index contributed by atoms with van der Waals surface area (Å²) >= 11 is 15.7. The van der Waals surface area contributed by atoms with Gasteiger partial charge in [0.1, 0.15) is 18.1 Å². The smallest absolute Gasteiger partial charge is 0.338 e. The molecule has 0 aromatic heterocycles. The van der Waals surface area contributed by atoms with E-state index in [9.17, 15) is 9.59 Å². The third-order valence-corrected chi connectivity index (χ3v) is 7.98. The molecule has 3 aromatic rings. The lowest BCUT2D eigenvalue weighted by molar-refractivity contribution is -0.139. The number of carbonyl (C=O) groups is 2. The van der Waals surface area contributed by atoms with Crippen molar-refractivity contribution < 1.29 is 23.8 Å². The highest BCUT2D eigenvalue weighted by molar-refractivity contribution is 14.1. The summed E-state index contributed by atoms with van der Waals surface area (Å²) < 4.78 is 19.1. The second kappa shape index (κ2) is 15.7. The molecule has 1 heterocycles. The van der Waals surface area contributed by atoms with Crippen LogP contribution in [0.1, 0.15) is 36.6 Å². The molecule has 9 nitrogen and oxygen atoms in total. The minimum atomic E-state index is -0.626. The summed E-state index contributed by atoms with van der Waals surface area (Å²) in [6, 6.07) is 17.8. The van der Waals surface area contributed by atoms with E-state index >= 15 is 0 Å². The Hall–Kier alpha value is -2.95. The van der Waals surface area contributed by atoms with Crippen LogP contribution in [0.2, 0.25) is 5.02 Å². The molecule has 4 rings (SSSR count). The Labute approximate surface area is 287 Å². The second-order valence-electron chi connectivity index (χ2n) is 9.13. The van der Waals surface area contributed by atoms with Gasteiger partial charge in [-0.15, -0.1) is 0 Å². The molecule has 0 radical (unpaired) electrons. The van der Waals surface area contributed by atoms with E-state index in [-0.39, 0.29) is 13.2 Å². The zero-order chi connectivity index (χ0) is 30.9. The molecule has 0 spiro atoms. The van der Waals surface area contributed by atoms with Gasteiger partial charge in [-0.3, -0.25) is 4.79 Å². The van der Waals surface area contributed by atoms with Crippen LogP contribution in [0.5, 0.6) is 11.5 Å². The van der Waals surface area contributed by atoms with Crippen molar-refractivity contribution in [2.24, 2.45) is 5.10 Å². The van der Waals surface area contributed by atoms with Gasteiger partial charge in [0.05, 0.1) is 28.0 Å². The van der Waals surface area contributed by atoms with Crippen molar-refractivity contribution in [2.75, 3.05) is 13.2 Å². The Balaban J connectivity index is 1.43. The standard InChI is InChI=1S/C30H27ClI2N4O5S/c1-3-40-29(39)26-17(2)35-30(43)36-27(26)22-6-4-5-7-24(22)41-16-25(38)37-34-14-19-12-21(32)13-23(33)28(19)42-15-18-8-10-20(31)11-9-18/h4-14,27H,3,15-16H2,1-2H3,(H,37,38)(H2,35,36,43)/t27-/m0/s1. The van der Waals surface area contributed by atoms with Crippen molar-refractivity contribution in [3.05, 3.63) is 101 Å². The van der Waals surface area contributed by atoms with Gasteiger partial charge in [-0.2, -0.15) is 5.10 Å². The number of nitrogens with one attached hydrogen (secondary N) is 3. The van der Waals surface area contributed by atoms with E-state index < -0.39 is 17.9 Å². The molecule has 13 heteroatoms. The maximum Gasteiger partial charge on any atom is 0.338 e. The van der Waals surface area contributed by atoms with Crippen LogP contribution in [0, 0.1) is 7.14 Å². The monoisotopic (exact) mass is 844 g/mol. The third-order valence-electron chi connectivity index (χ3n) is 6.08. The molecule has 0 aliphatic carbocycles. The molecule has 0 saturated heterocycles. The summed E-state index contributed by atoms with van der Waals surface area (Å²) in [6.45, 7) is 3.75. The van der Waals surface area contributed by atoms with Gasteiger partial charge >= 0.3 is 5.97 Å². The predicted molar refractivity (Wildman–Crippen MR) is 186 cm³/mol. The number of halogens is 3. The molecular weight excluding hydrogens is 818 g/mol. The second-order valence-corrected chi connectivity index (χ2v) is 12.4. The zero-order valence-electron chi connectivity index (χ0n) is 23.1. The first-order valence-corrected chi connectivity index (χ1v) is 16.0. The highest BCUT2D eigenvalue weighted by Crippen LogP contribution is 2.34. The normalized spacial score (nSPS) is 14.6. The number of benzene rings is 3. The van der Waals surface area contributed by atoms with E-state index in [1.807, 2.05) is 42.5 Å². The fourth-order valence-electron chi connectivity index (χ4n) is 4.17. The number of hydrogen-bond donors (Lipinski definition) is 3. The summed E-state index contributed by atoms with van der Waals surface area (Å²) in [5.41, 5.74) is 5.76. The van der Waals surface area contributed by atoms with Crippen molar-refractivity contribution in [3.63, 3.8) is 0 Å². The highest BCUT2D eigenvalue weighted by atomic mass is 127. The first kappa shape index (κ1) is 33.0. The van der Waals surface area contributed by atoms with Crippen LogP contribution in [0.4, 0.5) is 0 Å². The molecule has 3 aromatic carbocycles. The molecule has 0 fully saturated rings. The van der Waals surface area contributed by atoms with Gasteiger partial charge in [0.25, 0.3) is 5.91 Å². The lowest BCUT2D eigenvalue weighted by Crippen LogP contribution is -2.45. The molecule has 1 atom stereocenters. The van der Waals surface area contributed by atoms with Gasteiger partial charge in [0, 0.05) is 25.4 Å². The van der Waals surface area contributed by atoms with E-state index in [0.717, 1.165) is 12.7 Å². The van der Waals surface area contributed by atoms with Gasteiger partial charge in [-0.1, -0.05) is 41.9 Å². The number of esters is 1. The van der Waals surface area contributed by atoms with E-state index in [1.54, 1.807) is 32.0 Å². The fraction of sp³-hybridized carbons (Fsp3) is 0.200. The van der Waals surface area contributed by atoms with Crippen LogP contribution in [-0.2, 0) is 20.9 Å². The SMILES string of the molecule is CCOC(=O)C1=C(C)NC(=S)N[C@H]1c1ccccc1OCC(=O)NN=Cc1cc(I)cc(I)c1OCc1ccc(Cl)cc1. The van der Waals surface area contributed by atoms with Crippen molar-refractivity contribution in [3.8, 4) is 11.5 Å². The average Bonchev–Trinajstić information content (AvgIpc) is 2.96. The number of nitrogens with zero attached hydrogens (tertiary/aromatic N) is 1. The number of hydrazone groups is 1. The van der Waals surface area contributed by atoms with Crippen LogP contribution in [0.3, 0.4) is 0 Å². The first-order chi connectivity index (χ1) is 20.7. The molecule has 0 unspecified atom stereocenters. The Morgan fingerprint density at radius 2 is 1.86 bits per heavy atom. The number of amides is 1. The number of para-hydroxylation sites is 1. The quantitative estimate of drug-likeness (QED) is 0.0709. The van der Waals surface area contributed by atoms with Gasteiger partial charge < -0.3 is 24.8 Å². The van der Waals surface area contributed by atoms with Gasteiger partial charge in [0.15, 0.2) is 11.7 Å². The summed E-state index contributed by atoms with van der Waals surface area (Å²) in [7, 11) is 0. The third kappa shape index (κ3) is 9.03. The molecule has 1 amide bonds. The Morgan fingerprint density at radius 1 is 1.12 bits per heavy atom. The molecule has 224 valence electrons. The Morgan fingerprint density at radius 3 is 2.60 bits per heavy atom. The number of carbonyl (C=O) groups excluding carboxylic acids is 2. The molecule has 0 bridgehead atoms. The number of rotatable bonds is 11. The van der Waals surface area contributed by atoms with Crippen molar-refractivity contribution in [1.82, 2.24) is 16.1 Å². The van der Waals surface area contributed by atoms with Crippen molar-refractivity contribution >= 4 is 92.2 Å². The van der Waals surface area contributed by atoms with E-state index in [1.165, 1.54) is 6.21 Å². The largest absolute Gasteiger partial charge is 0.487 e. The number of thiocarbonyl (C=S) groups is 1. The highest BCUT2D eigenvalue weighted by Gasteiger charge is 2.32. The van der Waals surface area contributed by atoms with Gasteiger partial charge in [0.2, 0.25) is 0 Å². The van der Waals surface area contributed by atoms with Crippen LogP contribution in [-0.4, -0.2) is 36.4 Å². The van der Waals surface area contributed by atoms with E-state index in [0.29, 0.717) is 50.6 Å². The van der Waals surface area contributed by atoms with Gasteiger partial charge in [-0.05, 0) is 107 Å². The lowest BCUT2D eigenvalue weighted by Gasteiger charge is -2.30. The average molecular weight is 845 g/mol. The fourth-order valence-corrected chi connectivity index (χ4v) is 6.61. The molecule has 0 saturated carbocycles. The van der Waals surface area contributed by atoms with Crippen molar-refractivity contribution in [2.45, 2.75) is 26.5 Å². The van der Waals surface area contributed by atoms with Crippen molar-refractivity contribution in [1.29, 1.82) is 0 Å². The number of ether oxygens (including phenoxy) is 3. The first-order valence-electron chi connectivity index (χ1n) is 13.0. The minimum absolute atomic E-state index is 0.225. The Bertz CT molecular complexity index is 1580.